The first-order chi connectivity index (χ1) is 17.2. The van der Waals surface area contributed by atoms with Crippen LogP contribution in [0.25, 0.3) is 0 Å². The number of ether oxygens (including phenoxy) is 1. The van der Waals surface area contributed by atoms with Crippen molar-refractivity contribution < 1.29 is 14.3 Å². The smallest absolute Gasteiger partial charge is 0.410 e. The van der Waals surface area contributed by atoms with Gasteiger partial charge in [-0.25, -0.2) is 9.48 Å². The van der Waals surface area contributed by atoms with Crippen LogP contribution < -0.4 is 15.8 Å². The number of carbonyl (C=O) groups excluding carboxylic acids is 2. The van der Waals surface area contributed by atoms with Crippen molar-refractivity contribution in [3.8, 4) is 0 Å². The van der Waals surface area contributed by atoms with Gasteiger partial charge in [0.15, 0.2) is 0 Å². The van der Waals surface area contributed by atoms with E-state index in [1.165, 1.54) is 4.68 Å². The number of benzene rings is 1. The number of carbonyl (C=O) groups is 2. The Morgan fingerprint density at radius 2 is 1.81 bits per heavy atom. The summed E-state index contributed by atoms with van der Waals surface area (Å²) in [5.74, 6) is -0.102. The molecule has 2 aromatic rings. The van der Waals surface area contributed by atoms with Crippen molar-refractivity contribution in [1.29, 1.82) is 0 Å². The second-order valence-corrected chi connectivity index (χ2v) is 10.7. The summed E-state index contributed by atoms with van der Waals surface area (Å²) in [6, 6.07) is 11.4. The number of nitrogens with zero attached hydrogens (tertiary/aromatic N) is 4. The minimum absolute atomic E-state index is 0.0424. The van der Waals surface area contributed by atoms with Crippen LogP contribution in [0.5, 0.6) is 0 Å². The van der Waals surface area contributed by atoms with Gasteiger partial charge in [-0.15, -0.1) is 0 Å². The topological polar surface area (TPSA) is 96.8 Å². The summed E-state index contributed by atoms with van der Waals surface area (Å²) in [6.45, 7) is 8.50. The lowest BCUT2D eigenvalue weighted by molar-refractivity contribution is -0.126. The lowest BCUT2D eigenvalue weighted by Gasteiger charge is -2.36. The molecule has 1 aromatic carbocycles. The maximum atomic E-state index is 13.0. The number of aromatic nitrogens is 2. The van der Waals surface area contributed by atoms with Gasteiger partial charge < -0.3 is 19.9 Å². The average molecular weight is 496 g/mol. The monoisotopic (exact) mass is 495 g/mol. The zero-order chi connectivity index (χ0) is 25.7. The van der Waals surface area contributed by atoms with Crippen LogP contribution in [-0.4, -0.2) is 64.5 Å². The number of nitrogens with one attached hydrogen (secondary N) is 1. The summed E-state index contributed by atoms with van der Waals surface area (Å²) in [5.41, 5.74) is 1.11. The quantitative estimate of drug-likeness (QED) is 0.685. The Balaban J connectivity index is 1.29. The number of hydrogen-bond donors (Lipinski definition) is 1. The van der Waals surface area contributed by atoms with Crippen molar-refractivity contribution >= 4 is 17.7 Å². The van der Waals surface area contributed by atoms with E-state index in [1.54, 1.807) is 17.2 Å². The zero-order valence-electron chi connectivity index (χ0n) is 21.5. The fraction of sp³-hybridized carbons (Fsp3) is 0.556. The van der Waals surface area contributed by atoms with Crippen LogP contribution in [0.4, 0.5) is 10.5 Å². The second kappa shape index (κ2) is 11.1. The van der Waals surface area contributed by atoms with Gasteiger partial charge in [-0.05, 0) is 52.0 Å². The predicted octanol–water partition coefficient (Wildman–Crippen LogP) is 3.02. The van der Waals surface area contributed by atoms with E-state index in [-0.39, 0.29) is 29.5 Å². The van der Waals surface area contributed by atoms with E-state index >= 15 is 0 Å². The molecule has 0 spiro atoms. The summed E-state index contributed by atoms with van der Waals surface area (Å²) in [6.07, 6.45) is 4.54. The molecule has 0 unspecified atom stereocenters. The molecule has 2 amide bonds. The molecule has 3 heterocycles. The molecule has 0 saturated carbocycles. The standard InChI is InChI=1S/C27H37N5O4/c1-27(2,3)36-26(35)30-14-11-22(12-15-30)29-25(34)21-10-7-13-31(19-21)23-16-24(33)32(28-17-23)18-20-8-5-4-6-9-20/h4-6,8-9,16-17,21-22H,7,10-15,18-19H2,1-3H3,(H,29,34)/t21-/m1/s1. The van der Waals surface area contributed by atoms with E-state index in [0.717, 1.165) is 30.6 Å². The molecule has 2 aliphatic heterocycles. The molecule has 194 valence electrons. The maximum absolute atomic E-state index is 13.0. The van der Waals surface area contributed by atoms with Gasteiger partial charge in [0.25, 0.3) is 5.56 Å². The molecule has 9 heteroatoms. The number of anilines is 1. The summed E-state index contributed by atoms with van der Waals surface area (Å²) in [4.78, 5) is 41.8. The highest BCUT2D eigenvalue weighted by atomic mass is 16.6. The van der Waals surface area contributed by atoms with Crippen LogP contribution in [0.15, 0.2) is 47.4 Å². The molecule has 1 N–H and O–H groups in total. The molecule has 4 rings (SSSR count). The van der Waals surface area contributed by atoms with Crippen LogP contribution in [0.3, 0.4) is 0 Å². The first kappa shape index (κ1) is 25.7. The van der Waals surface area contributed by atoms with E-state index in [0.29, 0.717) is 39.0 Å². The average Bonchev–Trinajstić information content (AvgIpc) is 2.85. The molecule has 0 aliphatic carbocycles. The third-order valence-corrected chi connectivity index (χ3v) is 6.68. The highest BCUT2D eigenvalue weighted by molar-refractivity contribution is 5.80. The Kier molecular flexibility index (Phi) is 7.96. The van der Waals surface area contributed by atoms with Gasteiger partial charge in [0, 0.05) is 38.3 Å². The van der Waals surface area contributed by atoms with Gasteiger partial charge in [-0.3, -0.25) is 9.59 Å². The van der Waals surface area contributed by atoms with Crippen molar-refractivity contribution in [3.05, 3.63) is 58.5 Å². The molecule has 1 atom stereocenters. The van der Waals surface area contributed by atoms with Gasteiger partial charge in [-0.1, -0.05) is 30.3 Å². The molecule has 2 aliphatic rings. The van der Waals surface area contributed by atoms with Crippen LogP contribution in [0.1, 0.15) is 52.0 Å². The van der Waals surface area contributed by atoms with Gasteiger partial charge in [0.05, 0.1) is 24.3 Å². The summed E-state index contributed by atoms with van der Waals surface area (Å²) in [7, 11) is 0. The maximum Gasteiger partial charge on any atom is 0.410 e. The second-order valence-electron chi connectivity index (χ2n) is 10.7. The first-order valence-corrected chi connectivity index (χ1v) is 12.8. The first-order valence-electron chi connectivity index (χ1n) is 12.8. The fourth-order valence-corrected chi connectivity index (χ4v) is 4.75. The Bertz CT molecular complexity index is 1100. The molecule has 0 bridgehead atoms. The lowest BCUT2D eigenvalue weighted by Crippen LogP contribution is -2.50. The SMILES string of the molecule is CC(C)(C)OC(=O)N1CCC(NC(=O)[C@@H]2CCCN(c3cnn(Cc4ccccc4)c(=O)c3)C2)CC1. The van der Waals surface area contributed by atoms with Crippen molar-refractivity contribution in [2.75, 3.05) is 31.1 Å². The number of likely N-dealkylation sites (tertiary alicyclic amines) is 1. The fourth-order valence-electron chi connectivity index (χ4n) is 4.75. The van der Waals surface area contributed by atoms with Gasteiger partial charge >= 0.3 is 6.09 Å². The molecule has 9 nitrogen and oxygen atoms in total. The number of hydrogen-bond acceptors (Lipinski definition) is 6. The largest absolute Gasteiger partial charge is 0.444 e. The Morgan fingerprint density at radius 1 is 1.08 bits per heavy atom. The predicted molar refractivity (Wildman–Crippen MR) is 138 cm³/mol. The van der Waals surface area contributed by atoms with E-state index in [9.17, 15) is 14.4 Å². The Labute approximate surface area is 212 Å². The molecular formula is C27H37N5O4. The van der Waals surface area contributed by atoms with Gasteiger partial charge in [-0.2, -0.15) is 5.10 Å². The number of rotatable bonds is 5. The van der Waals surface area contributed by atoms with Crippen LogP contribution in [0.2, 0.25) is 0 Å². The van der Waals surface area contributed by atoms with Crippen LogP contribution in [0, 0.1) is 5.92 Å². The highest BCUT2D eigenvalue weighted by Gasteiger charge is 2.31. The molecule has 36 heavy (non-hydrogen) atoms. The van der Waals surface area contributed by atoms with E-state index in [1.807, 2.05) is 51.1 Å². The molecule has 0 radical (unpaired) electrons. The summed E-state index contributed by atoms with van der Waals surface area (Å²) < 4.78 is 6.91. The van der Waals surface area contributed by atoms with Crippen molar-refractivity contribution in [3.63, 3.8) is 0 Å². The third kappa shape index (κ3) is 6.86. The van der Waals surface area contributed by atoms with Crippen LogP contribution >= 0.6 is 0 Å². The molecule has 2 saturated heterocycles. The molecule has 2 fully saturated rings. The normalized spacial score (nSPS) is 19.1. The Hall–Kier alpha value is -3.36. The van der Waals surface area contributed by atoms with Crippen LogP contribution in [-0.2, 0) is 16.1 Å². The van der Waals surface area contributed by atoms with E-state index in [2.05, 4.69) is 15.3 Å². The van der Waals surface area contributed by atoms with Crippen molar-refractivity contribution in [2.24, 2.45) is 5.92 Å². The van der Waals surface area contributed by atoms with E-state index in [4.69, 9.17) is 4.74 Å². The minimum atomic E-state index is -0.516. The summed E-state index contributed by atoms with van der Waals surface area (Å²) >= 11 is 0. The van der Waals surface area contributed by atoms with Gasteiger partial charge in [0.2, 0.25) is 5.91 Å². The number of amides is 2. The zero-order valence-corrected chi connectivity index (χ0v) is 21.5. The van der Waals surface area contributed by atoms with E-state index < -0.39 is 5.60 Å². The van der Waals surface area contributed by atoms with Gasteiger partial charge in [0.1, 0.15) is 5.60 Å². The molecular weight excluding hydrogens is 458 g/mol. The highest BCUT2D eigenvalue weighted by Crippen LogP contribution is 2.23. The number of piperidine rings is 2. The molecule has 1 aromatic heterocycles. The van der Waals surface area contributed by atoms with Crippen molar-refractivity contribution in [2.45, 2.75) is 64.6 Å². The summed E-state index contributed by atoms with van der Waals surface area (Å²) in [5, 5.41) is 7.57. The van der Waals surface area contributed by atoms with Crippen molar-refractivity contribution in [1.82, 2.24) is 20.0 Å². The Morgan fingerprint density at radius 3 is 2.47 bits per heavy atom. The lowest BCUT2D eigenvalue weighted by atomic mass is 9.95. The minimum Gasteiger partial charge on any atom is -0.444 e. The third-order valence-electron chi connectivity index (χ3n) is 6.68.